The number of hydrogen-bond acceptors (Lipinski definition) is 4. The summed E-state index contributed by atoms with van der Waals surface area (Å²) < 4.78 is 1.78. The summed E-state index contributed by atoms with van der Waals surface area (Å²) in [4.78, 5) is 17.5. The molecule has 0 unspecified atom stereocenters. The Morgan fingerprint density at radius 2 is 1.55 bits per heavy atom. The number of amides is 2. The Balaban J connectivity index is 1.41. The molecular weight excluding hydrogens is 472 g/mol. The number of nitrogens with one attached hydrogen (secondary N) is 3. The van der Waals surface area contributed by atoms with E-state index in [1.807, 2.05) is 92.1 Å². The van der Waals surface area contributed by atoms with Gasteiger partial charge in [-0.3, -0.25) is 10.3 Å². The van der Waals surface area contributed by atoms with Crippen LogP contribution in [0, 0.1) is 6.92 Å². The van der Waals surface area contributed by atoms with E-state index in [1.54, 1.807) is 10.9 Å². The quantitative estimate of drug-likeness (QED) is 0.227. The summed E-state index contributed by atoms with van der Waals surface area (Å²) in [6.45, 7) is 9.03. The van der Waals surface area contributed by atoms with E-state index in [9.17, 15) is 4.79 Å². The number of fused-ring (bicyclic) bond motifs is 1. The first-order chi connectivity index (χ1) is 18.3. The molecule has 0 saturated heterocycles. The maximum Gasteiger partial charge on any atom is 0.324 e. The molecule has 0 fully saturated rings. The van der Waals surface area contributed by atoms with Crippen molar-refractivity contribution < 1.29 is 4.79 Å². The van der Waals surface area contributed by atoms with Crippen LogP contribution in [0.5, 0.6) is 0 Å². The fraction of sp³-hybridized carbons (Fsp3) is 0.194. The molecule has 38 heavy (non-hydrogen) atoms. The molecule has 5 aromatic rings. The minimum atomic E-state index is -0.328. The fourth-order valence-electron chi connectivity index (χ4n) is 4.42. The number of urea groups is 1. The summed E-state index contributed by atoms with van der Waals surface area (Å²) in [6, 6.07) is 23.7. The molecule has 0 aliphatic heterocycles. The lowest BCUT2D eigenvalue weighted by molar-refractivity contribution is 0.262. The van der Waals surface area contributed by atoms with Gasteiger partial charge in [0.25, 0.3) is 0 Å². The van der Waals surface area contributed by atoms with Gasteiger partial charge in [-0.15, -0.1) is 0 Å². The van der Waals surface area contributed by atoms with Gasteiger partial charge in [0, 0.05) is 41.0 Å². The summed E-state index contributed by atoms with van der Waals surface area (Å²) in [5.74, 6) is 0.651. The van der Waals surface area contributed by atoms with E-state index < -0.39 is 0 Å². The minimum absolute atomic E-state index is 0.208. The third-order valence-electron chi connectivity index (χ3n) is 6.47. The van der Waals surface area contributed by atoms with Crippen molar-refractivity contribution in [3.8, 4) is 5.69 Å². The Morgan fingerprint density at radius 3 is 2.24 bits per heavy atom. The molecule has 0 saturated carbocycles. The summed E-state index contributed by atoms with van der Waals surface area (Å²) in [6.07, 6.45) is 5.44. The molecule has 0 atom stereocenters. The zero-order valence-corrected chi connectivity index (χ0v) is 22.1. The highest BCUT2D eigenvalue weighted by atomic mass is 16.2. The molecule has 192 valence electrons. The zero-order valence-electron chi connectivity index (χ0n) is 22.1. The third kappa shape index (κ3) is 5.37. The van der Waals surface area contributed by atoms with Crippen LogP contribution in [0.4, 0.5) is 22.0 Å². The molecule has 2 heterocycles. The van der Waals surface area contributed by atoms with Gasteiger partial charge < -0.3 is 10.6 Å². The molecule has 3 N–H and O–H groups in total. The molecule has 0 aliphatic rings. The Hall–Kier alpha value is -4.65. The van der Waals surface area contributed by atoms with Crippen molar-refractivity contribution in [3.05, 3.63) is 108 Å². The Kier molecular flexibility index (Phi) is 6.83. The van der Waals surface area contributed by atoms with Crippen molar-refractivity contribution in [3.63, 3.8) is 0 Å². The standard InChI is InChI=1S/C31H32N6O/c1-21-11-13-23(14-12-21)37-29(26(20-34-37)31(2,3)4)36-30(38)35-28-16-15-27(24-9-5-6-10-25(24)28)33-19-22-8-7-17-32-18-22/h5-18,20,33H,19H2,1-4H3,(H2,35,36,38). The lowest BCUT2D eigenvalue weighted by atomic mass is 9.89. The van der Waals surface area contributed by atoms with Gasteiger partial charge in [-0.05, 0) is 48.2 Å². The number of carbonyl (C=O) groups excluding carboxylic acids is 1. The van der Waals surface area contributed by atoms with Crippen LogP contribution in [-0.4, -0.2) is 20.8 Å². The van der Waals surface area contributed by atoms with Crippen LogP contribution in [0.1, 0.15) is 37.5 Å². The van der Waals surface area contributed by atoms with Crippen molar-refractivity contribution in [1.29, 1.82) is 0 Å². The van der Waals surface area contributed by atoms with E-state index in [1.165, 1.54) is 0 Å². The largest absolute Gasteiger partial charge is 0.380 e. The van der Waals surface area contributed by atoms with Gasteiger partial charge in [-0.1, -0.05) is 68.8 Å². The average molecular weight is 505 g/mol. The first-order valence-corrected chi connectivity index (χ1v) is 12.7. The van der Waals surface area contributed by atoms with Gasteiger partial charge in [0.1, 0.15) is 5.82 Å². The van der Waals surface area contributed by atoms with Crippen LogP contribution in [0.25, 0.3) is 16.5 Å². The Morgan fingerprint density at radius 1 is 0.842 bits per heavy atom. The number of benzene rings is 3. The molecule has 7 heteroatoms. The predicted molar refractivity (Wildman–Crippen MR) is 155 cm³/mol. The number of hydrogen-bond donors (Lipinski definition) is 3. The van der Waals surface area contributed by atoms with Gasteiger partial charge in [0.05, 0.1) is 17.6 Å². The third-order valence-corrected chi connectivity index (χ3v) is 6.47. The number of aryl methyl sites for hydroxylation is 1. The van der Waals surface area contributed by atoms with Crippen LogP contribution in [-0.2, 0) is 12.0 Å². The highest BCUT2D eigenvalue weighted by molar-refractivity contribution is 6.09. The number of pyridine rings is 1. The summed E-state index contributed by atoms with van der Waals surface area (Å²) in [7, 11) is 0. The Labute approximate surface area is 222 Å². The number of rotatable bonds is 6. The second-order valence-electron chi connectivity index (χ2n) is 10.4. The second-order valence-corrected chi connectivity index (χ2v) is 10.4. The number of aromatic nitrogens is 3. The van der Waals surface area contributed by atoms with Crippen molar-refractivity contribution in [2.24, 2.45) is 0 Å². The number of anilines is 3. The molecule has 0 spiro atoms. The van der Waals surface area contributed by atoms with Crippen molar-refractivity contribution >= 4 is 34.0 Å². The van der Waals surface area contributed by atoms with Gasteiger partial charge in [0.2, 0.25) is 0 Å². The molecule has 5 rings (SSSR count). The molecule has 2 amide bonds. The molecule has 0 aliphatic carbocycles. The van der Waals surface area contributed by atoms with Gasteiger partial charge in [-0.2, -0.15) is 5.10 Å². The lowest BCUT2D eigenvalue weighted by Gasteiger charge is -2.20. The van der Waals surface area contributed by atoms with E-state index in [2.05, 4.69) is 46.8 Å². The fourth-order valence-corrected chi connectivity index (χ4v) is 4.42. The normalized spacial score (nSPS) is 11.4. The molecule has 0 bridgehead atoms. The molecule has 7 nitrogen and oxygen atoms in total. The summed E-state index contributed by atoms with van der Waals surface area (Å²) >= 11 is 0. The van der Waals surface area contributed by atoms with Crippen molar-refractivity contribution in [2.45, 2.75) is 39.7 Å². The average Bonchev–Trinajstić information content (AvgIpc) is 3.33. The molecule has 0 radical (unpaired) electrons. The SMILES string of the molecule is Cc1ccc(-n2ncc(C(C)(C)C)c2NC(=O)Nc2ccc(NCc3cccnc3)c3ccccc23)cc1. The maximum absolute atomic E-state index is 13.4. The minimum Gasteiger partial charge on any atom is -0.380 e. The van der Waals surface area contributed by atoms with Crippen LogP contribution >= 0.6 is 0 Å². The van der Waals surface area contributed by atoms with E-state index in [-0.39, 0.29) is 11.4 Å². The van der Waals surface area contributed by atoms with Crippen molar-refractivity contribution in [2.75, 3.05) is 16.0 Å². The summed E-state index contributed by atoms with van der Waals surface area (Å²) in [5, 5.41) is 16.2. The van der Waals surface area contributed by atoms with Crippen molar-refractivity contribution in [1.82, 2.24) is 14.8 Å². The van der Waals surface area contributed by atoms with Crippen LogP contribution in [0.2, 0.25) is 0 Å². The van der Waals surface area contributed by atoms with Gasteiger partial charge >= 0.3 is 6.03 Å². The summed E-state index contributed by atoms with van der Waals surface area (Å²) in [5.41, 5.74) is 5.60. The monoisotopic (exact) mass is 504 g/mol. The van der Waals surface area contributed by atoms with E-state index in [0.717, 1.165) is 44.5 Å². The van der Waals surface area contributed by atoms with E-state index in [0.29, 0.717) is 12.4 Å². The smallest absolute Gasteiger partial charge is 0.324 e. The molecule has 2 aromatic heterocycles. The number of nitrogens with zero attached hydrogens (tertiary/aromatic N) is 3. The predicted octanol–water partition coefficient (Wildman–Crippen LogP) is 7.28. The molecule has 3 aromatic carbocycles. The van der Waals surface area contributed by atoms with E-state index in [4.69, 9.17) is 0 Å². The van der Waals surface area contributed by atoms with Crippen LogP contribution in [0.15, 0.2) is 91.4 Å². The van der Waals surface area contributed by atoms with Gasteiger partial charge in [0.15, 0.2) is 0 Å². The number of carbonyl (C=O) groups is 1. The van der Waals surface area contributed by atoms with Gasteiger partial charge in [-0.25, -0.2) is 9.48 Å². The zero-order chi connectivity index (χ0) is 26.7. The first kappa shape index (κ1) is 25.0. The lowest BCUT2D eigenvalue weighted by Crippen LogP contribution is -2.24. The van der Waals surface area contributed by atoms with Crippen LogP contribution in [0.3, 0.4) is 0 Å². The maximum atomic E-state index is 13.4. The molecular formula is C31H32N6O. The first-order valence-electron chi connectivity index (χ1n) is 12.7. The Bertz CT molecular complexity index is 1570. The van der Waals surface area contributed by atoms with E-state index >= 15 is 0 Å². The topological polar surface area (TPSA) is 83.9 Å². The van der Waals surface area contributed by atoms with Crippen LogP contribution < -0.4 is 16.0 Å². The second kappa shape index (κ2) is 10.4. The highest BCUT2D eigenvalue weighted by Crippen LogP contribution is 2.33. The highest BCUT2D eigenvalue weighted by Gasteiger charge is 2.24.